The summed E-state index contributed by atoms with van der Waals surface area (Å²) >= 11 is 3.37. The zero-order valence-corrected chi connectivity index (χ0v) is 15.8. The molecule has 0 aromatic heterocycles. The Labute approximate surface area is 140 Å². The third kappa shape index (κ3) is 16.2. The van der Waals surface area contributed by atoms with Crippen molar-refractivity contribution in [2.75, 3.05) is 5.33 Å². The maximum absolute atomic E-state index is 11.6. The highest BCUT2D eigenvalue weighted by molar-refractivity contribution is 9.09. The lowest BCUT2D eigenvalue weighted by Crippen LogP contribution is -2.14. The zero-order chi connectivity index (χ0) is 15.8. The maximum Gasteiger partial charge on any atom is 0.306 e. The summed E-state index contributed by atoms with van der Waals surface area (Å²) in [6.07, 6.45) is 15.7. The number of hydrogen-bond donors (Lipinski definition) is 0. The van der Waals surface area contributed by atoms with Crippen LogP contribution in [-0.2, 0) is 9.53 Å². The Bertz CT molecular complexity index is 231. The van der Waals surface area contributed by atoms with Gasteiger partial charge in [0.15, 0.2) is 0 Å². The number of carbonyl (C=O) groups is 1. The zero-order valence-electron chi connectivity index (χ0n) is 14.2. The van der Waals surface area contributed by atoms with Crippen molar-refractivity contribution in [2.24, 2.45) is 0 Å². The maximum atomic E-state index is 11.6. The van der Waals surface area contributed by atoms with Crippen molar-refractivity contribution >= 4 is 21.9 Å². The molecule has 0 radical (unpaired) electrons. The van der Waals surface area contributed by atoms with Gasteiger partial charge in [-0.25, -0.2) is 0 Å². The normalized spacial score (nSPS) is 12.3. The van der Waals surface area contributed by atoms with Gasteiger partial charge in [-0.15, -0.1) is 0 Å². The predicted octanol–water partition coefficient (Wildman–Crippen LogP) is 6.40. The summed E-state index contributed by atoms with van der Waals surface area (Å²) < 4.78 is 5.41. The van der Waals surface area contributed by atoms with Gasteiger partial charge in [0, 0.05) is 11.8 Å². The molecule has 0 saturated carbocycles. The number of hydrogen-bond acceptors (Lipinski definition) is 2. The van der Waals surface area contributed by atoms with Crippen molar-refractivity contribution < 1.29 is 9.53 Å². The van der Waals surface area contributed by atoms with Crippen molar-refractivity contribution in [3.8, 4) is 0 Å². The first kappa shape index (κ1) is 20.9. The van der Waals surface area contributed by atoms with Gasteiger partial charge in [-0.1, -0.05) is 74.2 Å². The molecule has 1 atom stereocenters. The van der Waals surface area contributed by atoms with E-state index in [2.05, 4.69) is 22.9 Å². The second kappa shape index (κ2) is 16.3. The van der Waals surface area contributed by atoms with Crippen LogP contribution in [0.1, 0.15) is 97.3 Å². The van der Waals surface area contributed by atoms with E-state index in [9.17, 15) is 4.79 Å². The summed E-state index contributed by atoms with van der Waals surface area (Å²) in [5.41, 5.74) is 0. The third-order valence-corrected chi connectivity index (χ3v) is 4.37. The summed E-state index contributed by atoms with van der Waals surface area (Å²) in [6, 6.07) is 0. The number of ether oxygens (including phenoxy) is 1. The van der Waals surface area contributed by atoms with Crippen LogP contribution >= 0.6 is 15.9 Å². The van der Waals surface area contributed by atoms with Crippen molar-refractivity contribution in [1.82, 2.24) is 0 Å². The van der Waals surface area contributed by atoms with E-state index < -0.39 is 0 Å². The van der Waals surface area contributed by atoms with Crippen LogP contribution in [0.3, 0.4) is 0 Å². The minimum atomic E-state index is -0.0284. The van der Waals surface area contributed by atoms with Crippen molar-refractivity contribution in [2.45, 2.75) is 103 Å². The molecule has 0 N–H and O–H groups in total. The second-order valence-electron chi connectivity index (χ2n) is 6.06. The predicted molar refractivity (Wildman–Crippen MR) is 95.0 cm³/mol. The molecule has 126 valence electrons. The second-order valence-corrected chi connectivity index (χ2v) is 6.86. The van der Waals surface area contributed by atoms with Gasteiger partial charge in [0.05, 0.1) is 6.10 Å². The summed E-state index contributed by atoms with van der Waals surface area (Å²) in [7, 11) is 0. The molecule has 0 amide bonds. The smallest absolute Gasteiger partial charge is 0.306 e. The molecule has 0 bridgehead atoms. The topological polar surface area (TPSA) is 26.3 Å². The Balaban J connectivity index is 3.29. The molecule has 1 unspecified atom stereocenters. The van der Waals surface area contributed by atoms with Crippen LogP contribution < -0.4 is 0 Å². The van der Waals surface area contributed by atoms with Gasteiger partial charge >= 0.3 is 5.97 Å². The van der Waals surface area contributed by atoms with Gasteiger partial charge in [0.25, 0.3) is 0 Å². The highest BCUT2D eigenvalue weighted by Crippen LogP contribution is 2.13. The Morgan fingerprint density at radius 1 is 0.905 bits per heavy atom. The van der Waals surface area contributed by atoms with Crippen LogP contribution in [-0.4, -0.2) is 17.4 Å². The summed E-state index contributed by atoms with van der Waals surface area (Å²) in [5, 5.41) is 0.967. The molecule has 0 aromatic carbocycles. The lowest BCUT2D eigenvalue weighted by atomic mass is 10.1. The number of rotatable bonds is 15. The van der Waals surface area contributed by atoms with E-state index in [-0.39, 0.29) is 12.1 Å². The average molecular weight is 363 g/mol. The van der Waals surface area contributed by atoms with E-state index >= 15 is 0 Å². The standard InChI is InChI=1S/C18H35BrO2/c1-3-4-5-6-7-8-9-10-11-14-17(2)21-18(20)15-12-13-16-19/h17H,3-16H2,1-2H3. The molecule has 0 fully saturated rings. The van der Waals surface area contributed by atoms with E-state index in [0.29, 0.717) is 6.42 Å². The number of carbonyl (C=O) groups excluding carboxylic acids is 1. The van der Waals surface area contributed by atoms with Crippen molar-refractivity contribution in [3.05, 3.63) is 0 Å². The van der Waals surface area contributed by atoms with Crippen molar-refractivity contribution in [3.63, 3.8) is 0 Å². The fourth-order valence-electron chi connectivity index (χ4n) is 2.45. The van der Waals surface area contributed by atoms with Gasteiger partial charge in [0.1, 0.15) is 0 Å². The quantitative estimate of drug-likeness (QED) is 0.191. The van der Waals surface area contributed by atoms with Crippen LogP contribution in [0.2, 0.25) is 0 Å². The highest BCUT2D eigenvalue weighted by atomic mass is 79.9. The summed E-state index contributed by atoms with van der Waals surface area (Å²) in [4.78, 5) is 11.6. The van der Waals surface area contributed by atoms with E-state index in [1.165, 1.54) is 57.8 Å². The molecule has 2 nitrogen and oxygen atoms in total. The Hall–Kier alpha value is -0.0500. The molecule has 21 heavy (non-hydrogen) atoms. The van der Waals surface area contributed by atoms with Crippen LogP contribution in [0.5, 0.6) is 0 Å². The van der Waals surface area contributed by atoms with E-state index in [0.717, 1.165) is 24.6 Å². The highest BCUT2D eigenvalue weighted by Gasteiger charge is 2.08. The molecule has 0 aliphatic carbocycles. The minimum absolute atomic E-state index is 0.0284. The van der Waals surface area contributed by atoms with Gasteiger partial charge in [-0.05, 0) is 32.6 Å². The molecule has 0 rings (SSSR count). The molecular weight excluding hydrogens is 328 g/mol. The number of alkyl halides is 1. The fraction of sp³-hybridized carbons (Fsp3) is 0.944. The lowest BCUT2D eigenvalue weighted by molar-refractivity contribution is -0.148. The molecule has 0 saturated heterocycles. The number of unbranched alkanes of at least 4 members (excludes halogenated alkanes) is 9. The number of esters is 1. The van der Waals surface area contributed by atoms with Gasteiger partial charge in [0.2, 0.25) is 0 Å². The first-order valence-corrected chi connectivity index (χ1v) is 10.1. The largest absolute Gasteiger partial charge is 0.463 e. The molecular formula is C18H35BrO2. The van der Waals surface area contributed by atoms with Crippen LogP contribution in [0.15, 0.2) is 0 Å². The monoisotopic (exact) mass is 362 g/mol. The Morgan fingerprint density at radius 3 is 2.05 bits per heavy atom. The summed E-state index contributed by atoms with van der Waals surface area (Å²) in [6.45, 7) is 4.28. The van der Waals surface area contributed by atoms with Gasteiger partial charge in [-0.3, -0.25) is 4.79 Å². The van der Waals surface area contributed by atoms with E-state index in [1.807, 2.05) is 6.92 Å². The Kier molecular flexibility index (Phi) is 16.3. The van der Waals surface area contributed by atoms with E-state index in [1.54, 1.807) is 0 Å². The molecule has 0 aliphatic rings. The molecule has 0 aliphatic heterocycles. The fourth-order valence-corrected chi connectivity index (χ4v) is 2.85. The summed E-state index contributed by atoms with van der Waals surface area (Å²) in [5.74, 6) is -0.0284. The van der Waals surface area contributed by atoms with Crippen LogP contribution in [0.25, 0.3) is 0 Å². The van der Waals surface area contributed by atoms with E-state index in [4.69, 9.17) is 4.74 Å². The lowest BCUT2D eigenvalue weighted by Gasteiger charge is -2.13. The molecule has 0 heterocycles. The van der Waals surface area contributed by atoms with Crippen LogP contribution in [0.4, 0.5) is 0 Å². The van der Waals surface area contributed by atoms with Crippen molar-refractivity contribution in [1.29, 1.82) is 0 Å². The number of halogens is 1. The molecule has 0 aromatic rings. The SMILES string of the molecule is CCCCCCCCCCCC(C)OC(=O)CCCCBr. The van der Waals surface area contributed by atoms with Crippen LogP contribution in [0, 0.1) is 0 Å². The third-order valence-electron chi connectivity index (χ3n) is 3.81. The minimum Gasteiger partial charge on any atom is -0.463 e. The van der Waals surface area contributed by atoms with Gasteiger partial charge < -0.3 is 4.74 Å². The molecule has 0 spiro atoms. The first-order chi connectivity index (χ1) is 10.2. The average Bonchev–Trinajstić information content (AvgIpc) is 2.45. The molecule has 3 heteroatoms. The first-order valence-electron chi connectivity index (χ1n) is 8.96. The Morgan fingerprint density at radius 2 is 1.48 bits per heavy atom. The van der Waals surface area contributed by atoms with Gasteiger partial charge in [-0.2, -0.15) is 0 Å².